The molecule has 1 unspecified atom stereocenters. The second kappa shape index (κ2) is 8.55. The Hall–Kier alpha value is -0.860. The summed E-state index contributed by atoms with van der Waals surface area (Å²) in [7, 11) is 0. The quantitative estimate of drug-likeness (QED) is 0.792. The predicted octanol–water partition coefficient (Wildman–Crippen LogP) is 4.10. The van der Waals surface area contributed by atoms with Crippen LogP contribution in [0.4, 0.5) is 0 Å². The minimum atomic E-state index is -0.188. The van der Waals surface area contributed by atoms with Gasteiger partial charge in [-0.25, -0.2) is 0 Å². The van der Waals surface area contributed by atoms with Gasteiger partial charge in [-0.3, -0.25) is 0 Å². The third kappa shape index (κ3) is 4.82. The van der Waals surface area contributed by atoms with E-state index in [0.29, 0.717) is 12.0 Å². The summed E-state index contributed by atoms with van der Waals surface area (Å²) < 4.78 is 0. The molecule has 0 radical (unpaired) electrons. The van der Waals surface area contributed by atoms with Crippen LogP contribution in [-0.4, -0.2) is 23.8 Å². The Morgan fingerprint density at radius 3 is 2.24 bits per heavy atom. The molecule has 1 fully saturated rings. The Labute approximate surface area is 130 Å². The molecule has 0 spiro atoms. The molecule has 0 bridgehead atoms. The van der Waals surface area contributed by atoms with E-state index in [1.165, 1.54) is 31.2 Å². The maximum Gasteiger partial charge on any atom is 0.0692 e. The van der Waals surface area contributed by atoms with E-state index < -0.39 is 0 Å². The van der Waals surface area contributed by atoms with Crippen molar-refractivity contribution < 1.29 is 5.11 Å². The van der Waals surface area contributed by atoms with Crippen LogP contribution in [0.5, 0.6) is 0 Å². The highest BCUT2D eigenvalue weighted by Crippen LogP contribution is 2.32. The molecule has 2 heteroatoms. The molecular formula is C19H31NO. The first-order chi connectivity index (χ1) is 10.2. The summed E-state index contributed by atoms with van der Waals surface area (Å²) in [5.74, 6) is 1.17. The molecule has 1 atom stereocenters. The van der Waals surface area contributed by atoms with Crippen molar-refractivity contribution in [1.29, 1.82) is 0 Å². The van der Waals surface area contributed by atoms with Crippen LogP contribution >= 0.6 is 0 Å². The molecule has 1 aliphatic carbocycles. The molecule has 0 heterocycles. The lowest BCUT2D eigenvalue weighted by Crippen LogP contribution is -2.40. The van der Waals surface area contributed by atoms with Gasteiger partial charge >= 0.3 is 0 Å². The van der Waals surface area contributed by atoms with Crippen LogP contribution in [0, 0.1) is 5.92 Å². The summed E-state index contributed by atoms with van der Waals surface area (Å²) >= 11 is 0. The van der Waals surface area contributed by atoms with Gasteiger partial charge in [-0.05, 0) is 43.1 Å². The first kappa shape index (κ1) is 16.5. The second-order valence-corrected chi connectivity index (χ2v) is 6.51. The average Bonchev–Trinajstić information content (AvgIpc) is 2.55. The van der Waals surface area contributed by atoms with E-state index in [1.54, 1.807) is 0 Å². The first-order valence-corrected chi connectivity index (χ1v) is 8.71. The van der Waals surface area contributed by atoms with Gasteiger partial charge in [-0.15, -0.1) is 0 Å². The number of hydrogen-bond acceptors (Lipinski definition) is 2. The predicted molar refractivity (Wildman–Crippen MR) is 89.5 cm³/mol. The Kier molecular flexibility index (Phi) is 6.72. The molecule has 0 saturated heterocycles. The Balaban J connectivity index is 1.72. The van der Waals surface area contributed by atoms with Crippen molar-refractivity contribution in [1.82, 2.24) is 5.32 Å². The molecule has 1 aromatic carbocycles. The van der Waals surface area contributed by atoms with Crippen molar-refractivity contribution in [2.24, 2.45) is 5.92 Å². The zero-order chi connectivity index (χ0) is 15.1. The summed E-state index contributed by atoms with van der Waals surface area (Å²) in [5.41, 5.74) is 1.49. The van der Waals surface area contributed by atoms with Crippen LogP contribution < -0.4 is 5.32 Å². The zero-order valence-electron chi connectivity index (χ0n) is 13.6. The fourth-order valence-corrected chi connectivity index (χ4v) is 3.64. The van der Waals surface area contributed by atoms with Crippen molar-refractivity contribution in [3.63, 3.8) is 0 Å². The van der Waals surface area contributed by atoms with Crippen LogP contribution in [0.25, 0.3) is 0 Å². The van der Waals surface area contributed by atoms with Crippen molar-refractivity contribution in [3.05, 3.63) is 35.9 Å². The van der Waals surface area contributed by atoms with Crippen molar-refractivity contribution in [2.45, 2.75) is 70.4 Å². The van der Waals surface area contributed by atoms with Gasteiger partial charge < -0.3 is 10.4 Å². The molecule has 0 aliphatic heterocycles. The molecule has 21 heavy (non-hydrogen) atoms. The minimum absolute atomic E-state index is 0.188. The van der Waals surface area contributed by atoms with Gasteiger partial charge in [0.05, 0.1) is 6.10 Å². The van der Waals surface area contributed by atoms with Crippen molar-refractivity contribution in [3.8, 4) is 0 Å². The molecular weight excluding hydrogens is 258 g/mol. The largest absolute Gasteiger partial charge is 0.392 e. The summed E-state index contributed by atoms with van der Waals surface area (Å²) in [4.78, 5) is 0. The van der Waals surface area contributed by atoms with E-state index in [0.717, 1.165) is 25.3 Å². The highest BCUT2D eigenvalue weighted by molar-refractivity contribution is 5.20. The second-order valence-electron chi connectivity index (χ2n) is 6.51. The fourth-order valence-electron chi connectivity index (χ4n) is 3.64. The number of nitrogens with one attached hydrogen (secondary N) is 1. The lowest BCUT2D eigenvalue weighted by atomic mass is 9.81. The minimum Gasteiger partial charge on any atom is -0.392 e. The van der Waals surface area contributed by atoms with Crippen molar-refractivity contribution in [2.75, 3.05) is 6.54 Å². The highest BCUT2D eigenvalue weighted by atomic mass is 16.3. The first-order valence-electron chi connectivity index (χ1n) is 8.71. The molecule has 118 valence electrons. The molecule has 1 aromatic rings. The number of aliphatic hydroxyl groups is 1. The standard InChI is InChI=1S/C19H31NO/c1-3-15(4-2)19(21)14-20-18-12-10-17(11-13-18)16-8-6-5-7-9-16/h5-9,15,17-21H,3-4,10-14H2,1-2H3. The van der Waals surface area contributed by atoms with Gasteiger partial charge in [0.25, 0.3) is 0 Å². The molecule has 2 rings (SSSR count). The molecule has 0 aromatic heterocycles. The fraction of sp³-hybridized carbons (Fsp3) is 0.684. The zero-order valence-corrected chi connectivity index (χ0v) is 13.6. The molecule has 1 aliphatic rings. The number of aliphatic hydroxyl groups excluding tert-OH is 1. The molecule has 2 N–H and O–H groups in total. The van der Waals surface area contributed by atoms with E-state index in [1.807, 2.05) is 0 Å². The van der Waals surface area contributed by atoms with E-state index in [4.69, 9.17) is 0 Å². The summed E-state index contributed by atoms with van der Waals surface area (Å²) in [5, 5.41) is 13.8. The van der Waals surface area contributed by atoms with Gasteiger partial charge in [0, 0.05) is 12.6 Å². The molecule has 1 saturated carbocycles. The van der Waals surface area contributed by atoms with Crippen LogP contribution in [0.15, 0.2) is 30.3 Å². The third-order valence-electron chi connectivity index (χ3n) is 5.21. The van der Waals surface area contributed by atoms with Crippen LogP contribution in [0.2, 0.25) is 0 Å². The summed E-state index contributed by atoms with van der Waals surface area (Å²) in [6.45, 7) is 5.10. The SMILES string of the molecule is CCC(CC)C(O)CNC1CCC(c2ccccc2)CC1. The number of rotatable bonds is 7. The summed E-state index contributed by atoms with van der Waals surface area (Å²) in [6, 6.07) is 11.5. The van der Waals surface area contributed by atoms with Crippen LogP contribution in [0.1, 0.15) is 63.9 Å². The topological polar surface area (TPSA) is 32.3 Å². The average molecular weight is 289 g/mol. The lowest BCUT2D eigenvalue weighted by Gasteiger charge is -2.31. The Morgan fingerprint density at radius 1 is 1.05 bits per heavy atom. The Morgan fingerprint density at radius 2 is 1.67 bits per heavy atom. The Bertz CT molecular complexity index is 380. The normalized spacial score (nSPS) is 24.2. The van der Waals surface area contributed by atoms with Gasteiger partial charge in [-0.2, -0.15) is 0 Å². The number of hydrogen-bond donors (Lipinski definition) is 2. The lowest BCUT2D eigenvalue weighted by molar-refractivity contribution is 0.0960. The third-order valence-corrected chi connectivity index (χ3v) is 5.21. The molecule has 0 amide bonds. The highest BCUT2D eigenvalue weighted by Gasteiger charge is 2.23. The van der Waals surface area contributed by atoms with E-state index in [-0.39, 0.29) is 6.10 Å². The number of benzene rings is 1. The van der Waals surface area contributed by atoms with E-state index in [2.05, 4.69) is 49.5 Å². The summed E-state index contributed by atoms with van der Waals surface area (Å²) in [6.07, 6.45) is 6.95. The van der Waals surface area contributed by atoms with Crippen molar-refractivity contribution >= 4 is 0 Å². The van der Waals surface area contributed by atoms with Gasteiger partial charge in [0.15, 0.2) is 0 Å². The van der Waals surface area contributed by atoms with Gasteiger partial charge in [-0.1, -0.05) is 57.0 Å². The van der Waals surface area contributed by atoms with E-state index >= 15 is 0 Å². The van der Waals surface area contributed by atoms with Gasteiger partial charge in [0.1, 0.15) is 0 Å². The smallest absolute Gasteiger partial charge is 0.0692 e. The van der Waals surface area contributed by atoms with Crippen LogP contribution in [-0.2, 0) is 0 Å². The maximum atomic E-state index is 10.2. The van der Waals surface area contributed by atoms with Gasteiger partial charge in [0.2, 0.25) is 0 Å². The van der Waals surface area contributed by atoms with E-state index in [9.17, 15) is 5.11 Å². The molecule has 2 nitrogen and oxygen atoms in total. The monoisotopic (exact) mass is 289 g/mol. The van der Waals surface area contributed by atoms with Crippen LogP contribution in [0.3, 0.4) is 0 Å². The maximum absolute atomic E-state index is 10.2.